The van der Waals surface area contributed by atoms with Gasteiger partial charge in [-0.3, -0.25) is 9.10 Å². The second kappa shape index (κ2) is 9.51. The molecule has 0 N–H and O–H groups in total. The van der Waals surface area contributed by atoms with Crippen LogP contribution < -0.4 is 9.04 Å². The molecular formula is C23H30N2O4S. The molecule has 162 valence electrons. The van der Waals surface area contributed by atoms with Crippen LogP contribution in [0.1, 0.15) is 37.7 Å². The summed E-state index contributed by atoms with van der Waals surface area (Å²) in [5, 5.41) is 0. The largest absolute Gasteiger partial charge is 0.495 e. The summed E-state index contributed by atoms with van der Waals surface area (Å²) >= 11 is 0. The molecule has 1 saturated carbocycles. The molecule has 0 heterocycles. The number of hydrogen-bond acceptors (Lipinski definition) is 4. The minimum atomic E-state index is -3.96. The second-order valence-corrected chi connectivity index (χ2v) is 9.66. The van der Waals surface area contributed by atoms with Crippen molar-refractivity contribution in [3.63, 3.8) is 0 Å². The first kappa shape index (κ1) is 22.2. The number of anilines is 1. The van der Waals surface area contributed by atoms with Crippen LogP contribution in [0.4, 0.5) is 5.69 Å². The van der Waals surface area contributed by atoms with Crippen LogP contribution in [-0.2, 0) is 14.8 Å². The third kappa shape index (κ3) is 4.78. The number of nitrogens with zero attached hydrogens (tertiary/aromatic N) is 2. The van der Waals surface area contributed by atoms with E-state index < -0.39 is 10.0 Å². The molecule has 1 amide bonds. The van der Waals surface area contributed by atoms with Crippen molar-refractivity contribution in [1.82, 2.24) is 4.90 Å². The van der Waals surface area contributed by atoms with Crippen molar-refractivity contribution < 1.29 is 17.9 Å². The summed E-state index contributed by atoms with van der Waals surface area (Å²) in [5.41, 5.74) is 1.25. The average molecular weight is 431 g/mol. The van der Waals surface area contributed by atoms with Crippen molar-refractivity contribution in [3.05, 3.63) is 54.1 Å². The molecule has 1 aliphatic carbocycles. The number of likely N-dealkylation sites (N-methyl/N-ethyl adjacent to an activating group) is 1. The molecule has 0 spiro atoms. The summed E-state index contributed by atoms with van der Waals surface area (Å²) < 4.78 is 33.7. The summed E-state index contributed by atoms with van der Waals surface area (Å²) in [4.78, 5) is 15.0. The molecule has 0 saturated heterocycles. The number of carbonyl (C=O) groups excluding carboxylic acids is 1. The standard InChI is InChI=1S/C23H30N2O4S/c1-18-14-15-22(29-3)21(16-18)25(30(27,28)20-12-8-5-9-13-20)17-23(26)24(2)19-10-6-4-7-11-19/h5,8-9,12-16,19H,4,6-7,10-11,17H2,1-3H3. The number of carbonyl (C=O) groups is 1. The lowest BCUT2D eigenvalue weighted by Gasteiger charge is -2.33. The third-order valence-electron chi connectivity index (χ3n) is 5.73. The Morgan fingerprint density at radius 1 is 1.07 bits per heavy atom. The number of aryl methyl sites for hydroxylation is 1. The highest BCUT2D eigenvalue weighted by Crippen LogP contribution is 2.33. The predicted octanol–water partition coefficient (Wildman–Crippen LogP) is 3.99. The molecular weight excluding hydrogens is 400 g/mol. The Morgan fingerprint density at radius 3 is 2.37 bits per heavy atom. The third-order valence-corrected chi connectivity index (χ3v) is 7.50. The van der Waals surface area contributed by atoms with Crippen LogP contribution in [-0.4, -0.2) is 46.0 Å². The molecule has 3 rings (SSSR count). The van der Waals surface area contributed by atoms with Gasteiger partial charge in [0.25, 0.3) is 10.0 Å². The zero-order valence-electron chi connectivity index (χ0n) is 17.9. The fraction of sp³-hybridized carbons (Fsp3) is 0.435. The highest BCUT2D eigenvalue weighted by atomic mass is 32.2. The first-order chi connectivity index (χ1) is 14.3. The van der Waals surface area contributed by atoms with Crippen LogP contribution in [0.25, 0.3) is 0 Å². The summed E-state index contributed by atoms with van der Waals surface area (Å²) in [6, 6.07) is 13.7. The van der Waals surface area contributed by atoms with Gasteiger partial charge in [-0.15, -0.1) is 0 Å². The topological polar surface area (TPSA) is 66.9 Å². The van der Waals surface area contributed by atoms with Gasteiger partial charge in [0, 0.05) is 13.1 Å². The van der Waals surface area contributed by atoms with E-state index in [0.29, 0.717) is 11.4 Å². The van der Waals surface area contributed by atoms with Crippen LogP contribution >= 0.6 is 0 Å². The number of benzene rings is 2. The zero-order valence-corrected chi connectivity index (χ0v) is 18.7. The van der Waals surface area contributed by atoms with Crippen molar-refractivity contribution in [2.45, 2.75) is 50.0 Å². The lowest BCUT2D eigenvalue weighted by Crippen LogP contribution is -2.46. The molecule has 2 aromatic rings. The van der Waals surface area contributed by atoms with E-state index in [1.807, 2.05) is 13.0 Å². The van der Waals surface area contributed by atoms with E-state index in [0.717, 1.165) is 31.2 Å². The molecule has 0 bridgehead atoms. The van der Waals surface area contributed by atoms with Crippen molar-refractivity contribution in [3.8, 4) is 5.75 Å². The Morgan fingerprint density at radius 2 is 1.73 bits per heavy atom. The smallest absolute Gasteiger partial charge is 0.264 e. The van der Waals surface area contributed by atoms with Crippen LogP contribution in [0.15, 0.2) is 53.4 Å². The number of hydrogen-bond donors (Lipinski definition) is 0. The Balaban J connectivity index is 2.00. The van der Waals surface area contributed by atoms with Crippen LogP contribution in [0.5, 0.6) is 5.75 Å². The van der Waals surface area contributed by atoms with Crippen molar-refractivity contribution in [1.29, 1.82) is 0 Å². The number of ether oxygens (including phenoxy) is 1. The molecule has 0 aliphatic heterocycles. The molecule has 1 aliphatic rings. The Bertz CT molecular complexity index is 970. The molecule has 1 fully saturated rings. The zero-order chi connectivity index (χ0) is 21.7. The van der Waals surface area contributed by atoms with Gasteiger partial charge < -0.3 is 9.64 Å². The van der Waals surface area contributed by atoms with Crippen LogP contribution in [0.3, 0.4) is 0 Å². The number of sulfonamides is 1. The number of rotatable bonds is 7. The van der Waals surface area contributed by atoms with E-state index in [1.54, 1.807) is 54.4 Å². The first-order valence-corrected chi connectivity index (χ1v) is 11.8. The van der Waals surface area contributed by atoms with E-state index in [9.17, 15) is 13.2 Å². The second-order valence-electron chi connectivity index (χ2n) is 7.80. The fourth-order valence-electron chi connectivity index (χ4n) is 3.92. The van der Waals surface area contributed by atoms with Gasteiger partial charge in [0.2, 0.25) is 5.91 Å². The van der Waals surface area contributed by atoms with Crippen LogP contribution in [0.2, 0.25) is 0 Å². The molecule has 2 aromatic carbocycles. The van der Waals surface area contributed by atoms with E-state index in [1.165, 1.54) is 17.8 Å². The summed E-state index contributed by atoms with van der Waals surface area (Å²) in [6.45, 7) is 1.61. The van der Waals surface area contributed by atoms with Gasteiger partial charge in [-0.25, -0.2) is 8.42 Å². The molecule has 0 aromatic heterocycles. The van der Waals surface area contributed by atoms with Crippen LogP contribution in [0, 0.1) is 6.92 Å². The normalized spacial score (nSPS) is 14.9. The SMILES string of the molecule is COc1ccc(C)cc1N(CC(=O)N(C)C1CCCCC1)S(=O)(=O)c1ccccc1. The summed E-state index contributed by atoms with van der Waals surface area (Å²) in [5.74, 6) is 0.193. The van der Waals surface area contributed by atoms with E-state index >= 15 is 0 Å². The minimum Gasteiger partial charge on any atom is -0.495 e. The molecule has 6 nitrogen and oxygen atoms in total. The summed E-state index contributed by atoms with van der Waals surface area (Å²) in [7, 11) is -0.683. The van der Waals surface area contributed by atoms with Gasteiger partial charge in [-0.1, -0.05) is 43.5 Å². The lowest BCUT2D eigenvalue weighted by atomic mass is 9.94. The van der Waals surface area contributed by atoms with Crippen molar-refractivity contribution >= 4 is 21.6 Å². The maximum Gasteiger partial charge on any atom is 0.264 e. The predicted molar refractivity (Wildman–Crippen MR) is 118 cm³/mol. The average Bonchev–Trinajstić information content (AvgIpc) is 2.77. The molecule has 30 heavy (non-hydrogen) atoms. The Hall–Kier alpha value is -2.54. The van der Waals surface area contributed by atoms with E-state index in [4.69, 9.17) is 4.74 Å². The molecule has 0 atom stereocenters. The summed E-state index contributed by atoms with van der Waals surface area (Å²) in [6.07, 6.45) is 5.30. The lowest BCUT2D eigenvalue weighted by molar-refractivity contribution is -0.130. The van der Waals surface area contributed by atoms with Gasteiger partial charge in [0.15, 0.2) is 0 Å². The maximum absolute atomic E-state index is 13.5. The number of methoxy groups -OCH3 is 1. The van der Waals surface area contributed by atoms with Gasteiger partial charge in [0.1, 0.15) is 12.3 Å². The molecule has 0 radical (unpaired) electrons. The Kier molecular flexibility index (Phi) is 7.02. The van der Waals surface area contributed by atoms with Gasteiger partial charge in [-0.2, -0.15) is 0 Å². The highest BCUT2D eigenvalue weighted by Gasteiger charge is 2.32. The quantitative estimate of drug-likeness (QED) is 0.666. The van der Waals surface area contributed by atoms with Gasteiger partial charge in [0.05, 0.1) is 17.7 Å². The Labute approximate surface area is 179 Å². The van der Waals surface area contributed by atoms with Gasteiger partial charge >= 0.3 is 0 Å². The first-order valence-electron chi connectivity index (χ1n) is 10.3. The molecule has 7 heteroatoms. The fourth-order valence-corrected chi connectivity index (χ4v) is 5.36. The number of amides is 1. The van der Waals surface area contributed by atoms with Gasteiger partial charge in [-0.05, 0) is 49.6 Å². The molecule has 0 unspecified atom stereocenters. The van der Waals surface area contributed by atoms with Crippen molar-refractivity contribution in [2.24, 2.45) is 0 Å². The highest BCUT2D eigenvalue weighted by molar-refractivity contribution is 7.92. The van der Waals surface area contributed by atoms with E-state index in [-0.39, 0.29) is 23.4 Å². The monoisotopic (exact) mass is 430 g/mol. The minimum absolute atomic E-state index is 0.140. The van der Waals surface area contributed by atoms with E-state index in [2.05, 4.69) is 0 Å². The maximum atomic E-state index is 13.5. The van der Waals surface area contributed by atoms with Crippen molar-refractivity contribution in [2.75, 3.05) is 25.0 Å².